The first-order chi connectivity index (χ1) is 11.3. The van der Waals surface area contributed by atoms with E-state index in [2.05, 4.69) is 10.3 Å². The minimum Gasteiger partial charge on any atom is -0.439 e. The number of hydrogen-bond acceptors (Lipinski definition) is 4. The highest BCUT2D eigenvalue weighted by atomic mass is 19.4. The topological polar surface area (TPSA) is 77.2 Å². The lowest BCUT2D eigenvalue weighted by Crippen LogP contribution is -2.37. The Morgan fingerprint density at radius 3 is 2.75 bits per heavy atom. The molecule has 1 amide bonds. The van der Waals surface area contributed by atoms with E-state index < -0.39 is 17.8 Å². The van der Waals surface area contributed by atoms with Gasteiger partial charge in [-0.15, -0.1) is 0 Å². The maximum absolute atomic E-state index is 12.7. The number of ether oxygens (including phenoxy) is 1. The summed E-state index contributed by atoms with van der Waals surface area (Å²) < 4.78 is 43.7. The van der Waals surface area contributed by atoms with Crippen LogP contribution >= 0.6 is 0 Å². The molecule has 0 spiro atoms. The van der Waals surface area contributed by atoms with Crippen molar-refractivity contribution in [1.29, 1.82) is 0 Å². The van der Waals surface area contributed by atoms with Gasteiger partial charge in [-0.1, -0.05) is 12.1 Å². The van der Waals surface area contributed by atoms with Crippen LogP contribution < -0.4 is 15.8 Å². The van der Waals surface area contributed by atoms with E-state index >= 15 is 0 Å². The second-order valence-corrected chi connectivity index (χ2v) is 5.10. The number of alkyl halides is 3. The second kappa shape index (κ2) is 7.31. The fraction of sp³-hybridized carbons (Fsp3) is 0.250. The molecule has 1 aromatic heterocycles. The van der Waals surface area contributed by atoms with E-state index in [0.717, 1.165) is 12.1 Å². The molecule has 0 bridgehead atoms. The number of halogens is 3. The summed E-state index contributed by atoms with van der Waals surface area (Å²) in [6.45, 7) is 1.64. The molecule has 128 valence electrons. The molecule has 0 saturated heterocycles. The normalized spacial score (nSPS) is 12.5. The summed E-state index contributed by atoms with van der Waals surface area (Å²) in [6, 6.07) is 7.10. The molecule has 1 unspecified atom stereocenters. The van der Waals surface area contributed by atoms with Crippen LogP contribution in [0.25, 0.3) is 0 Å². The molecule has 0 radical (unpaired) electrons. The maximum Gasteiger partial charge on any atom is 0.416 e. The first-order valence-electron chi connectivity index (χ1n) is 7.09. The van der Waals surface area contributed by atoms with Crippen molar-refractivity contribution in [3.05, 3.63) is 53.7 Å². The first kappa shape index (κ1) is 17.7. The van der Waals surface area contributed by atoms with Crippen molar-refractivity contribution in [3.8, 4) is 11.6 Å². The Morgan fingerprint density at radius 1 is 1.33 bits per heavy atom. The zero-order valence-corrected chi connectivity index (χ0v) is 12.8. The van der Waals surface area contributed by atoms with Gasteiger partial charge in [0.05, 0.1) is 11.6 Å². The zero-order chi connectivity index (χ0) is 17.7. The number of nitrogens with two attached hydrogens (primary N) is 1. The van der Waals surface area contributed by atoms with Crippen molar-refractivity contribution < 1.29 is 22.7 Å². The van der Waals surface area contributed by atoms with Crippen molar-refractivity contribution in [2.75, 3.05) is 0 Å². The van der Waals surface area contributed by atoms with Gasteiger partial charge >= 0.3 is 6.18 Å². The lowest BCUT2D eigenvalue weighted by Gasteiger charge is -2.13. The summed E-state index contributed by atoms with van der Waals surface area (Å²) >= 11 is 0. The van der Waals surface area contributed by atoms with Gasteiger partial charge < -0.3 is 15.8 Å². The van der Waals surface area contributed by atoms with Crippen LogP contribution in [0.5, 0.6) is 11.6 Å². The molecular formula is C16H16F3N3O2. The Morgan fingerprint density at radius 2 is 2.08 bits per heavy atom. The molecule has 0 aliphatic rings. The van der Waals surface area contributed by atoms with Crippen LogP contribution in [0, 0.1) is 0 Å². The van der Waals surface area contributed by atoms with Crippen molar-refractivity contribution in [3.63, 3.8) is 0 Å². The summed E-state index contributed by atoms with van der Waals surface area (Å²) in [5.41, 5.74) is 5.15. The number of nitrogens with zero attached hydrogens (tertiary/aromatic N) is 1. The van der Waals surface area contributed by atoms with Crippen LogP contribution in [0.2, 0.25) is 0 Å². The predicted octanol–water partition coefficient (Wildman–Crippen LogP) is 2.86. The van der Waals surface area contributed by atoms with Crippen molar-refractivity contribution in [1.82, 2.24) is 10.3 Å². The lowest BCUT2D eigenvalue weighted by molar-refractivity contribution is -0.137. The molecule has 0 fully saturated rings. The first-order valence-corrected chi connectivity index (χ1v) is 7.09. The number of rotatable bonds is 5. The Bertz CT molecular complexity index is 718. The zero-order valence-electron chi connectivity index (χ0n) is 12.8. The third-order valence-electron chi connectivity index (χ3n) is 3.09. The minimum atomic E-state index is -4.46. The SMILES string of the molecule is CC(N)C(=O)NCc1cccnc1Oc1cccc(C(F)(F)F)c1. The Balaban J connectivity index is 2.17. The molecule has 3 N–H and O–H groups in total. The van der Waals surface area contributed by atoms with Crippen molar-refractivity contribution in [2.45, 2.75) is 25.7 Å². The van der Waals surface area contributed by atoms with Crippen LogP contribution in [0.3, 0.4) is 0 Å². The van der Waals surface area contributed by atoms with Crippen LogP contribution in [0.1, 0.15) is 18.1 Å². The van der Waals surface area contributed by atoms with Gasteiger partial charge in [0.25, 0.3) is 0 Å². The van der Waals surface area contributed by atoms with Crippen LogP contribution in [-0.2, 0) is 17.5 Å². The number of aromatic nitrogens is 1. The Labute approximate surface area is 136 Å². The van der Waals surface area contributed by atoms with Crippen LogP contribution in [0.15, 0.2) is 42.6 Å². The summed E-state index contributed by atoms with van der Waals surface area (Å²) in [6.07, 6.45) is -3.02. The fourth-order valence-electron chi connectivity index (χ4n) is 1.84. The summed E-state index contributed by atoms with van der Waals surface area (Å²) in [4.78, 5) is 15.5. The van der Waals surface area contributed by atoms with Crippen molar-refractivity contribution >= 4 is 5.91 Å². The molecule has 1 aromatic carbocycles. The predicted molar refractivity (Wildman–Crippen MR) is 81.3 cm³/mol. The highest BCUT2D eigenvalue weighted by molar-refractivity contribution is 5.80. The molecule has 0 aliphatic carbocycles. The monoisotopic (exact) mass is 339 g/mol. The average molecular weight is 339 g/mol. The molecule has 24 heavy (non-hydrogen) atoms. The molecule has 0 saturated carbocycles. The van der Waals surface area contributed by atoms with E-state index in [9.17, 15) is 18.0 Å². The number of amides is 1. The van der Waals surface area contributed by atoms with Gasteiger partial charge in [0.15, 0.2) is 0 Å². The van der Waals surface area contributed by atoms with Crippen LogP contribution in [-0.4, -0.2) is 16.9 Å². The van der Waals surface area contributed by atoms with Gasteiger partial charge in [0.1, 0.15) is 5.75 Å². The quantitative estimate of drug-likeness (QED) is 0.878. The van der Waals surface area contributed by atoms with E-state index in [1.165, 1.54) is 18.3 Å². The number of carbonyl (C=O) groups excluding carboxylic acids is 1. The summed E-state index contributed by atoms with van der Waals surface area (Å²) in [5.74, 6) is -0.242. The molecule has 2 aromatic rings. The number of nitrogens with one attached hydrogen (secondary N) is 1. The minimum absolute atomic E-state index is 0.00305. The standard InChI is InChI=1S/C16H16F3N3O2/c1-10(20)14(23)22-9-11-4-3-7-21-15(11)24-13-6-2-5-12(8-13)16(17,18)19/h2-8,10H,9,20H2,1H3,(H,22,23). The number of carbonyl (C=O) groups is 1. The molecule has 2 rings (SSSR count). The van der Waals surface area contributed by atoms with Crippen molar-refractivity contribution in [2.24, 2.45) is 5.73 Å². The van der Waals surface area contributed by atoms with E-state index in [-0.39, 0.29) is 24.1 Å². The molecular weight excluding hydrogens is 323 g/mol. The van der Waals surface area contributed by atoms with Gasteiger partial charge in [0, 0.05) is 18.3 Å². The smallest absolute Gasteiger partial charge is 0.416 e. The third kappa shape index (κ3) is 4.69. The lowest BCUT2D eigenvalue weighted by atomic mass is 10.2. The average Bonchev–Trinajstić information content (AvgIpc) is 2.53. The van der Waals surface area contributed by atoms with E-state index in [1.54, 1.807) is 19.1 Å². The number of pyridine rings is 1. The number of hydrogen-bond donors (Lipinski definition) is 2. The fourth-order valence-corrected chi connectivity index (χ4v) is 1.84. The van der Waals surface area contributed by atoms with Gasteiger partial charge in [-0.3, -0.25) is 4.79 Å². The second-order valence-electron chi connectivity index (χ2n) is 5.10. The van der Waals surface area contributed by atoms with Gasteiger partial charge in [-0.25, -0.2) is 4.98 Å². The van der Waals surface area contributed by atoms with Gasteiger partial charge in [-0.2, -0.15) is 13.2 Å². The Kier molecular flexibility index (Phi) is 5.40. The highest BCUT2D eigenvalue weighted by Gasteiger charge is 2.30. The third-order valence-corrected chi connectivity index (χ3v) is 3.09. The largest absolute Gasteiger partial charge is 0.439 e. The molecule has 1 heterocycles. The van der Waals surface area contributed by atoms with Crippen LogP contribution in [0.4, 0.5) is 13.2 Å². The summed E-state index contributed by atoms with van der Waals surface area (Å²) in [7, 11) is 0. The number of benzene rings is 1. The van der Waals surface area contributed by atoms with Gasteiger partial charge in [0.2, 0.25) is 11.8 Å². The van der Waals surface area contributed by atoms with Gasteiger partial charge in [-0.05, 0) is 31.2 Å². The maximum atomic E-state index is 12.7. The summed E-state index contributed by atoms with van der Waals surface area (Å²) in [5, 5.41) is 2.60. The van der Waals surface area contributed by atoms with E-state index in [0.29, 0.717) is 5.56 Å². The van der Waals surface area contributed by atoms with E-state index in [1.807, 2.05) is 0 Å². The molecule has 1 atom stereocenters. The van der Waals surface area contributed by atoms with E-state index in [4.69, 9.17) is 10.5 Å². The molecule has 0 aliphatic heterocycles. The highest BCUT2D eigenvalue weighted by Crippen LogP contribution is 2.32. The molecule has 5 nitrogen and oxygen atoms in total. The molecule has 8 heteroatoms. The Hall–Kier alpha value is -2.61.